The lowest BCUT2D eigenvalue weighted by atomic mass is 10.3. The van der Waals surface area contributed by atoms with E-state index in [1.54, 1.807) is 6.07 Å². The Morgan fingerprint density at radius 3 is 2.25 bits per heavy atom. The second-order valence-corrected chi connectivity index (χ2v) is 11.0. The number of nitrogens with zero attached hydrogens (tertiary/aromatic N) is 2. The van der Waals surface area contributed by atoms with Crippen LogP contribution in [0.3, 0.4) is 0 Å². The van der Waals surface area contributed by atoms with E-state index in [2.05, 4.69) is 5.32 Å². The van der Waals surface area contributed by atoms with E-state index in [0.29, 0.717) is 18.8 Å². The fraction of sp³-hybridized carbons (Fsp3) is 0.316. The Labute approximate surface area is 192 Å². The minimum atomic E-state index is -3.81. The first-order chi connectivity index (χ1) is 15.0. The summed E-state index contributed by atoms with van der Waals surface area (Å²) in [6.07, 6.45) is 0. The van der Waals surface area contributed by atoms with Crippen molar-refractivity contribution in [3.8, 4) is 5.75 Å². The molecule has 0 aromatic heterocycles. The summed E-state index contributed by atoms with van der Waals surface area (Å²) in [4.78, 5) is 14.1. The van der Waals surface area contributed by atoms with Crippen LogP contribution in [0.5, 0.6) is 5.75 Å². The number of anilines is 1. The van der Waals surface area contributed by atoms with Crippen LogP contribution < -0.4 is 15.2 Å². The molecule has 0 unspecified atom stereocenters. The standard InChI is InChI=1S/C19H23ClN4O6S2/c1-30-17-7-2-14(20)12-18(17)32(28,29)24-10-8-23(9-11-24)13-19(25)22-15-3-5-16(6-4-15)31(21,26)27/h2-7,12H,8-11,13H2,1H3,(H,22,25)(H2,21,26,27). The lowest BCUT2D eigenvalue weighted by Crippen LogP contribution is -2.50. The van der Waals surface area contributed by atoms with Gasteiger partial charge in [-0.3, -0.25) is 9.69 Å². The summed E-state index contributed by atoms with van der Waals surface area (Å²) in [5.41, 5.74) is 0.427. The first-order valence-electron chi connectivity index (χ1n) is 9.49. The summed E-state index contributed by atoms with van der Waals surface area (Å²) in [5, 5.41) is 8.02. The molecule has 32 heavy (non-hydrogen) atoms. The summed E-state index contributed by atoms with van der Waals surface area (Å²) >= 11 is 5.97. The highest BCUT2D eigenvalue weighted by molar-refractivity contribution is 7.89. The number of piperazine rings is 1. The number of amides is 1. The minimum absolute atomic E-state index is 0.00151. The van der Waals surface area contributed by atoms with Gasteiger partial charge in [0.05, 0.1) is 18.6 Å². The molecule has 174 valence electrons. The zero-order valence-electron chi connectivity index (χ0n) is 17.2. The second kappa shape index (κ2) is 9.73. The number of carbonyl (C=O) groups excluding carboxylic acids is 1. The lowest BCUT2D eigenvalue weighted by molar-refractivity contribution is -0.117. The van der Waals surface area contributed by atoms with Gasteiger partial charge in [0.25, 0.3) is 0 Å². The molecular weight excluding hydrogens is 480 g/mol. The molecule has 1 saturated heterocycles. The predicted octanol–water partition coefficient (Wildman–Crippen LogP) is 0.941. The maximum atomic E-state index is 13.0. The summed E-state index contributed by atoms with van der Waals surface area (Å²) in [5.74, 6) is -0.0918. The smallest absolute Gasteiger partial charge is 0.246 e. The number of nitrogens with two attached hydrogens (primary N) is 1. The molecule has 3 N–H and O–H groups in total. The van der Waals surface area contributed by atoms with Gasteiger partial charge in [-0.2, -0.15) is 4.31 Å². The molecule has 0 saturated carbocycles. The van der Waals surface area contributed by atoms with Crippen LogP contribution in [-0.4, -0.2) is 71.8 Å². The number of carbonyl (C=O) groups is 1. The van der Waals surface area contributed by atoms with Crippen molar-refractivity contribution in [1.82, 2.24) is 9.21 Å². The first-order valence-corrected chi connectivity index (χ1v) is 12.9. The van der Waals surface area contributed by atoms with Crippen molar-refractivity contribution < 1.29 is 26.4 Å². The number of hydrogen-bond donors (Lipinski definition) is 2. The topological polar surface area (TPSA) is 139 Å². The predicted molar refractivity (Wildman–Crippen MR) is 120 cm³/mol. The Bertz CT molecular complexity index is 1190. The number of hydrogen-bond acceptors (Lipinski definition) is 7. The van der Waals surface area contributed by atoms with Crippen LogP contribution >= 0.6 is 11.6 Å². The molecule has 0 radical (unpaired) electrons. The molecular formula is C19H23ClN4O6S2. The molecule has 1 heterocycles. The highest BCUT2D eigenvalue weighted by Crippen LogP contribution is 2.30. The van der Waals surface area contributed by atoms with Crippen molar-refractivity contribution in [2.24, 2.45) is 5.14 Å². The van der Waals surface area contributed by atoms with Crippen molar-refractivity contribution in [3.05, 3.63) is 47.5 Å². The van der Waals surface area contributed by atoms with Gasteiger partial charge in [-0.05, 0) is 42.5 Å². The maximum Gasteiger partial charge on any atom is 0.246 e. The van der Waals surface area contributed by atoms with E-state index in [0.717, 1.165) is 0 Å². The number of nitrogens with one attached hydrogen (secondary N) is 1. The van der Waals surface area contributed by atoms with E-state index < -0.39 is 20.0 Å². The molecule has 0 bridgehead atoms. The molecule has 0 aliphatic carbocycles. The van der Waals surface area contributed by atoms with Crippen LogP contribution in [0.1, 0.15) is 0 Å². The summed E-state index contributed by atoms with van der Waals surface area (Å²) in [6.45, 7) is 1.19. The molecule has 2 aromatic rings. The van der Waals surface area contributed by atoms with E-state index in [1.165, 1.54) is 47.8 Å². The number of primary sulfonamides is 1. The number of ether oxygens (including phenoxy) is 1. The molecule has 1 aliphatic rings. The lowest BCUT2D eigenvalue weighted by Gasteiger charge is -2.33. The Hall–Kier alpha value is -2.22. The van der Waals surface area contributed by atoms with Gasteiger partial charge in [0.15, 0.2) is 0 Å². The van der Waals surface area contributed by atoms with Gasteiger partial charge < -0.3 is 10.1 Å². The van der Waals surface area contributed by atoms with Gasteiger partial charge in [0.2, 0.25) is 26.0 Å². The molecule has 0 spiro atoms. The molecule has 13 heteroatoms. The van der Waals surface area contributed by atoms with Gasteiger partial charge in [-0.25, -0.2) is 22.0 Å². The van der Waals surface area contributed by atoms with Crippen LogP contribution in [0.15, 0.2) is 52.3 Å². The van der Waals surface area contributed by atoms with Crippen molar-refractivity contribution in [3.63, 3.8) is 0 Å². The average molecular weight is 503 g/mol. The SMILES string of the molecule is COc1ccc(Cl)cc1S(=O)(=O)N1CCN(CC(=O)Nc2ccc(S(N)(=O)=O)cc2)CC1. The Morgan fingerprint density at radius 2 is 1.69 bits per heavy atom. The third kappa shape index (κ3) is 5.77. The van der Waals surface area contributed by atoms with E-state index in [4.69, 9.17) is 21.5 Å². The number of sulfonamides is 2. The number of methoxy groups -OCH3 is 1. The molecule has 3 rings (SSSR count). The van der Waals surface area contributed by atoms with Crippen LogP contribution in [0.2, 0.25) is 5.02 Å². The molecule has 1 aliphatic heterocycles. The van der Waals surface area contributed by atoms with E-state index in [9.17, 15) is 21.6 Å². The second-order valence-electron chi connectivity index (χ2n) is 7.09. The molecule has 2 aromatic carbocycles. The van der Waals surface area contributed by atoms with Crippen molar-refractivity contribution in [1.29, 1.82) is 0 Å². The highest BCUT2D eigenvalue weighted by atomic mass is 35.5. The van der Waals surface area contributed by atoms with Gasteiger partial charge in [0, 0.05) is 36.9 Å². The quantitative estimate of drug-likeness (QED) is 0.574. The molecule has 0 atom stereocenters. The third-order valence-corrected chi connectivity index (χ3v) is 7.99. The third-order valence-electron chi connectivity index (χ3n) is 4.91. The van der Waals surface area contributed by atoms with Gasteiger partial charge in [-0.15, -0.1) is 0 Å². The van der Waals surface area contributed by atoms with Crippen LogP contribution in [-0.2, 0) is 24.8 Å². The normalized spacial score (nSPS) is 16.0. The van der Waals surface area contributed by atoms with Crippen molar-refractivity contribution in [2.75, 3.05) is 45.2 Å². The van der Waals surface area contributed by atoms with Crippen molar-refractivity contribution in [2.45, 2.75) is 9.79 Å². The first kappa shape index (κ1) is 24.4. The van der Waals surface area contributed by atoms with Crippen LogP contribution in [0, 0.1) is 0 Å². The van der Waals surface area contributed by atoms with E-state index in [-0.39, 0.29) is 46.1 Å². The van der Waals surface area contributed by atoms with E-state index >= 15 is 0 Å². The average Bonchev–Trinajstić information content (AvgIpc) is 2.73. The van der Waals surface area contributed by atoms with E-state index in [1.807, 2.05) is 4.90 Å². The highest BCUT2D eigenvalue weighted by Gasteiger charge is 2.31. The van der Waals surface area contributed by atoms with Gasteiger partial charge in [-0.1, -0.05) is 11.6 Å². The maximum absolute atomic E-state index is 13.0. The Kier molecular flexibility index (Phi) is 7.43. The van der Waals surface area contributed by atoms with Crippen molar-refractivity contribution >= 4 is 43.2 Å². The summed E-state index contributed by atoms with van der Waals surface area (Å²) in [7, 11) is -6.22. The summed E-state index contributed by atoms with van der Waals surface area (Å²) in [6, 6.07) is 9.92. The van der Waals surface area contributed by atoms with Gasteiger partial charge in [0.1, 0.15) is 10.6 Å². The summed E-state index contributed by atoms with van der Waals surface area (Å²) < 4.78 is 55.1. The zero-order valence-corrected chi connectivity index (χ0v) is 19.6. The zero-order chi connectivity index (χ0) is 23.5. The van der Waals surface area contributed by atoms with Gasteiger partial charge >= 0.3 is 0 Å². The molecule has 1 amide bonds. The molecule has 10 nitrogen and oxygen atoms in total. The fourth-order valence-corrected chi connectivity index (χ4v) is 5.61. The monoisotopic (exact) mass is 502 g/mol. The number of rotatable bonds is 7. The molecule has 1 fully saturated rings. The number of halogens is 1. The van der Waals surface area contributed by atoms with Crippen LogP contribution in [0.25, 0.3) is 0 Å². The minimum Gasteiger partial charge on any atom is -0.495 e. The fourth-order valence-electron chi connectivity index (χ4n) is 3.25. The largest absolute Gasteiger partial charge is 0.495 e. The Balaban J connectivity index is 1.58. The van der Waals surface area contributed by atoms with Crippen LogP contribution in [0.4, 0.5) is 5.69 Å². The number of benzene rings is 2. The Morgan fingerprint density at radius 1 is 1.06 bits per heavy atom.